The summed E-state index contributed by atoms with van der Waals surface area (Å²) in [4.78, 5) is 15.2. The number of aryl methyl sites for hydroxylation is 2. The van der Waals surface area contributed by atoms with Crippen molar-refractivity contribution in [3.05, 3.63) is 90.2 Å². The van der Waals surface area contributed by atoms with Crippen LogP contribution in [-0.4, -0.2) is 16.1 Å². The molecule has 0 fully saturated rings. The number of carboxylic acid groups (broad SMARTS) is 1. The molecule has 0 radical (unpaired) electrons. The molecule has 2 N–H and O–H groups in total. The zero-order valence-electron chi connectivity index (χ0n) is 15.7. The maximum Gasteiger partial charge on any atom is 0.307 e. The molecule has 0 spiro atoms. The number of aliphatic carboxylic acids is 1. The fourth-order valence-corrected chi connectivity index (χ4v) is 2.74. The van der Waals surface area contributed by atoms with Gasteiger partial charge in [0, 0.05) is 11.9 Å². The van der Waals surface area contributed by atoms with Gasteiger partial charge in [-0.2, -0.15) is 0 Å². The molecule has 2 rings (SSSR count). The summed E-state index contributed by atoms with van der Waals surface area (Å²) in [6, 6.07) is 12.3. The minimum Gasteiger partial charge on any atom is -0.481 e. The van der Waals surface area contributed by atoms with Crippen molar-refractivity contribution in [1.82, 2.24) is 4.98 Å². The second kappa shape index (κ2) is 10.1. The Kier molecular flexibility index (Phi) is 7.56. The fourth-order valence-electron chi connectivity index (χ4n) is 2.74. The molecule has 140 valence electrons. The van der Waals surface area contributed by atoms with Gasteiger partial charge in [0.1, 0.15) is 5.82 Å². The monoisotopic (exact) mass is 362 g/mol. The van der Waals surface area contributed by atoms with Gasteiger partial charge in [0.15, 0.2) is 0 Å². The van der Waals surface area contributed by atoms with Crippen molar-refractivity contribution in [2.45, 2.75) is 32.6 Å². The largest absolute Gasteiger partial charge is 0.481 e. The first-order chi connectivity index (χ1) is 13.0. The number of nitrogens with zero attached hydrogens (tertiary/aromatic N) is 1. The highest BCUT2D eigenvalue weighted by molar-refractivity contribution is 5.70. The van der Waals surface area contributed by atoms with Crippen LogP contribution in [0.4, 0.5) is 11.5 Å². The van der Waals surface area contributed by atoms with E-state index in [0.29, 0.717) is 5.57 Å². The third-order valence-electron chi connectivity index (χ3n) is 4.16. The zero-order chi connectivity index (χ0) is 19.6. The van der Waals surface area contributed by atoms with Gasteiger partial charge in [-0.25, -0.2) is 4.98 Å². The molecule has 0 aliphatic heterocycles. The quantitative estimate of drug-likeness (QED) is 0.551. The van der Waals surface area contributed by atoms with Crippen molar-refractivity contribution in [1.29, 1.82) is 0 Å². The van der Waals surface area contributed by atoms with Crippen LogP contribution in [0.5, 0.6) is 0 Å². The Morgan fingerprint density at radius 1 is 1.26 bits per heavy atom. The average molecular weight is 362 g/mol. The standard InChI is InChI=1S/C23H26N2O2/c1-4-18-7-6-8-21(15-18)25-22-16-20(11-12-24-22)10-9-19(5-2)13-17(3)14-23(26)27/h5-8,11-13,15-16H,2-4,9-10,14H2,1H3,(H,24,25)(H,26,27). The average Bonchev–Trinajstić information content (AvgIpc) is 2.65. The summed E-state index contributed by atoms with van der Waals surface area (Å²) < 4.78 is 0. The van der Waals surface area contributed by atoms with Crippen LogP contribution >= 0.6 is 0 Å². The highest BCUT2D eigenvalue weighted by Gasteiger charge is 2.03. The molecule has 0 atom stereocenters. The smallest absolute Gasteiger partial charge is 0.307 e. The van der Waals surface area contributed by atoms with Gasteiger partial charge in [-0.15, -0.1) is 0 Å². The first kappa shape index (κ1) is 20.2. The molecule has 2 aromatic rings. The number of hydrogen-bond donors (Lipinski definition) is 2. The first-order valence-corrected chi connectivity index (χ1v) is 9.03. The molecule has 1 heterocycles. The summed E-state index contributed by atoms with van der Waals surface area (Å²) >= 11 is 0. The minimum atomic E-state index is -0.878. The Bertz CT molecular complexity index is 853. The molecular weight excluding hydrogens is 336 g/mol. The number of pyridine rings is 1. The SMILES string of the molecule is C=CC(=CC(=C)CC(=O)O)CCc1ccnc(Nc2cccc(CC)c2)c1. The third kappa shape index (κ3) is 6.94. The Hall–Kier alpha value is -3.14. The van der Waals surface area contributed by atoms with Crippen LogP contribution in [0.25, 0.3) is 0 Å². The summed E-state index contributed by atoms with van der Waals surface area (Å²) in [5.74, 6) is -0.0724. The number of anilines is 2. The molecule has 1 aromatic carbocycles. The second-order valence-corrected chi connectivity index (χ2v) is 6.38. The van der Waals surface area contributed by atoms with Crippen LogP contribution in [0.1, 0.15) is 30.9 Å². The molecule has 27 heavy (non-hydrogen) atoms. The molecule has 1 aromatic heterocycles. The molecule has 0 unspecified atom stereocenters. The van der Waals surface area contributed by atoms with Gasteiger partial charge >= 0.3 is 5.97 Å². The van der Waals surface area contributed by atoms with Crippen LogP contribution in [0.15, 0.2) is 79.1 Å². The van der Waals surface area contributed by atoms with Crippen molar-refractivity contribution in [2.24, 2.45) is 0 Å². The summed E-state index contributed by atoms with van der Waals surface area (Å²) in [7, 11) is 0. The molecule has 0 bridgehead atoms. The second-order valence-electron chi connectivity index (χ2n) is 6.38. The van der Waals surface area contributed by atoms with Crippen molar-refractivity contribution in [3.8, 4) is 0 Å². The van der Waals surface area contributed by atoms with E-state index in [1.165, 1.54) is 5.56 Å². The van der Waals surface area contributed by atoms with Gasteiger partial charge in [-0.3, -0.25) is 4.79 Å². The molecule has 0 aliphatic rings. The van der Waals surface area contributed by atoms with Gasteiger partial charge in [0.25, 0.3) is 0 Å². The normalized spacial score (nSPS) is 11.1. The van der Waals surface area contributed by atoms with E-state index in [-0.39, 0.29) is 6.42 Å². The van der Waals surface area contributed by atoms with Gasteiger partial charge in [0.2, 0.25) is 0 Å². The van der Waals surface area contributed by atoms with Crippen LogP contribution in [0, 0.1) is 0 Å². The van der Waals surface area contributed by atoms with E-state index in [1.54, 1.807) is 18.3 Å². The van der Waals surface area contributed by atoms with Crippen LogP contribution in [-0.2, 0) is 17.6 Å². The Morgan fingerprint density at radius 3 is 2.78 bits per heavy atom. The van der Waals surface area contributed by atoms with Gasteiger partial charge in [0.05, 0.1) is 6.42 Å². The lowest BCUT2D eigenvalue weighted by Crippen LogP contribution is -1.97. The summed E-state index contributed by atoms with van der Waals surface area (Å²) in [5.41, 5.74) is 5.00. The lowest BCUT2D eigenvalue weighted by Gasteiger charge is -2.09. The Morgan fingerprint density at radius 2 is 2.07 bits per heavy atom. The number of aromatic nitrogens is 1. The van der Waals surface area contributed by atoms with E-state index in [2.05, 4.69) is 42.5 Å². The van der Waals surface area contributed by atoms with E-state index >= 15 is 0 Å². The third-order valence-corrected chi connectivity index (χ3v) is 4.16. The zero-order valence-corrected chi connectivity index (χ0v) is 15.7. The number of carbonyl (C=O) groups is 1. The van der Waals surface area contributed by atoms with Crippen molar-refractivity contribution < 1.29 is 9.90 Å². The molecular formula is C23H26N2O2. The minimum absolute atomic E-state index is 0.0580. The van der Waals surface area contributed by atoms with Gasteiger partial charge in [-0.1, -0.05) is 44.4 Å². The predicted molar refractivity (Wildman–Crippen MR) is 111 cm³/mol. The van der Waals surface area contributed by atoms with E-state index in [9.17, 15) is 4.79 Å². The number of nitrogens with one attached hydrogen (secondary N) is 1. The van der Waals surface area contributed by atoms with Crippen LogP contribution in [0.3, 0.4) is 0 Å². The predicted octanol–water partition coefficient (Wildman–Crippen LogP) is 5.46. The summed E-state index contributed by atoms with van der Waals surface area (Å²) in [6.07, 6.45) is 7.86. The van der Waals surface area contributed by atoms with E-state index in [4.69, 9.17) is 5.11 Å². The van der Waals surface area contributed by atoms with Crippen LogP contribution in [0.2, 0.25) is 0 Å². The molecule has 4 heteroatoms. The van der Waals surface area contributed by atoms with Crippen LogP contribution < -0.4 is 5.32 Å². The topological polar surface area (TPSA) is 62.2 Å². The van der Waals surface area contributed by atoms with Gasteiger partial charge < -0.3 is 10.4 Å². The molecule has 0 saturated carbocycles. The number of hydrogen-bond acceptors (Lipinski definition) is 3. The number of carboxylic acids is 1. The number of allylic oxidation sites excluding steroid dienone is 3. The summed E-state index contributed by atoms with van der Waals surface area (Å²) in [5, 5.41) is 12.2. The molecule has 0 saturated heterocycles. The number of benzene rings is 1. The Labute approximate surface area is 161 Å². The number of rotatable bonds is 10. The fraction of sp³-hybridized carbons (Fsp3) is 0.217. The molecule has 0 aliphatic carbocycles. The van der Waals surface area contributed by atoms with E-state index in [0.717, 1.165) is 41.9 Å². The lowest BCUT2D eigenvalue weighted by atomic mass is 10.0. The summed E-state index contributed by atoms with van der Waals surface area (Å²) in [6.45, 7) is 9.73. The van der Waals surface area contributed by atoms with E-state index < -0.39 is 5.97 Å². The van der Waals surface area contributed by atoms with Crippen molar-refractivity contribution in [3.63, 3.8) is 0 Å². The maximum atomic E-state index is 10.8. The van der Waals surface area contributed by atoms with E-state index in [1.807, 2.05) is 24.3 Å². The van der Waals surface area contributed by atoms with Crippen molar-refractivity contribution >= 4 is 17.5 Å². The Balaban J connectivity index is 2.02. The lowest BCUT2D eigenvalue weighted by molar-refractivity contribution is -0.136. The molecule has 4 nitrogen and oxygen atoms in total. The maximum absolute atomic E-state index is 10.8. The van der Waals surface area contributed by atoms with Gasteiger partial charge in [-0.05, 0) is 65.8 Å². The van der Waals surface area contributed by atoms with Crippen molar-refractivity contribution in [2.75, 3.05) is 5.32 Å². The highest BCUT2D eigenvalue weighted by atomic mass is 16.4. The molecule has 0 amide bonds. The highest BCUT2D eigenvalue weighted by Crippen LogP contribution is 2.19. The first-order valence-electron chi connectivity index (χ1n) is 9.03.